The van der Waals surface area contributed by atoms with E-state index in [0.29, 0.717) is 5.56 Å². The van der Waals surface area contributed by atoms with E-state index in [0.717, 1.165) is 0 Å². The molecule has 70 valence electrons. The lowest BCUT2D eigenvalue weighted by Crippen LogP contribution is -2.04. The first-order valence-electron chi connectivity index (χ1n) is 3.55. The molecule has 0 amide bonds. The number of carbonyl (C=O) groups is 1. The second kappa shape index (κ2) is 4.07. The van der Waals surface area contributed by atoms with Gasteiger partial charge in [0.2, 0.25) is 0 Å². The van der Waals surface area contributed by atoms with Crippen molar-refractivity contribution in [3.63, 3.8) is 0 Å². The van der Waals surface area contributed by atoms with Gasteiger partial charge in [-0.25, -0.2) is 9.78 Å². The summed E-state index contributed by atoms with van der Waals surface area (Å²) in [7, 11) is 0. The molecule has 3 nitrogen and oxygen atoms in total. The first-order chi connectivity index (χ1) is 6.04. The molecule has 1 unspecified atom stereocenters. The molecule has 1 rings (SSSR count). The van der Waals surface area contributed by atoms with Crippen molar-refractivity contribution in [1.29, 1.82) is 0 Å². The van der Waals surface area contributed by atoms with Crippen molar-refractivity contribution < 1.29 is 9.90 Å². The highest BCUT2D eigenvalue weighted by Gasteiger charge is 2.17. The van der Waals surface area contributed by atoms with Crippen LogP contribution in [-0.4, -0.2) is 16.1 Å². The first-order valence-corrected chi connectivity index (χ1v) is 4.85. The number of alkyl halides is 1. The number of halogens is 2. The van der Waals surface area contributed by atoms with Crippen LogP contribution in [0.15, 0.2) is 12.3 Å². The van der Waals surface area contributed by atoms with Crippen LogP contribution in [0.2, 0.25) is 5.15 Å². The van der Waals surface area contributed by atoms with Crippen LogP contribution in [0.3, 0.4) is 0 Å². The summed E-state index contributed by atoms with van der Waals surface area (Å²) in [6, 6.07) is 1.43. The molecule has 0 aliphatic carbocycles. The molecule has 0 bridgehead atoms. The lowest BCUT2D eigenvalue weighted by Gasteiger charge is -2.08. The molecule has 0 aromatic carbocycles. The van der Waals surface area contributed by atoms with Gasteiger partial charge in [-0.2, -0.15) is 0 Å². The van der Waals surface area contributed by atoms with Crippen molar-refractivity contribution in [3.05, 3.63) is 28.5 Å². The van der Waals surface area contributed by atoms with Gasteiger partial charge >= 0.3 is 5.97 Å². The van der Waals surface area contributed by atoms with E-state index in [1.165, 1.54) is 12.3 Å². The third-order valence-corrected chi connectivity index (χ3v) is 2.33. The minimum absolute atomic E-state index is 0.125. The lowest BCUT2D eigenvalue weighted by atomic mass is 10.1. The first kappa shape index (κ1) is 10.5. The minimum atomic E-state index is -0.995. The predicted molar refractivity (Wildman–Crippen MR) is 53.5 cm³/mol. The normalized spacial score (nSPS) is 12.5. The van der Waals surface area contributed by atoms with Gasteiger partial charge in [0.1, 0.15) is 5.15 Å². The van der Waals surface area contributed by atoms with Gasteiger partial charge in [0.15, 0.2) is 0 Å². The fourth-order valence-corrected chi connectivity index (χ4v) is 1.93. The maximum absolute atomic E-state index is 10.8. The standard InChI is InChI=1S/C8H7BrClNO2/c1-4(9)6-5(8(12)13)2-3-11-7(6)10/h2-4H,1H3,(H,12,13). The molecule has 0 fully saturated rings. The molecule has 1 heterocycles. The number of carboxylic acid groups (broad SMARTS) is 1. The van der Waals surface area contributed by atoms with Crippen LogP contribution >= 0.6 is 27.5 Å². The van der Waals surface area contributed by atoms with E-state index in [9.17, 15) is 4.79 Å². The van der Waals surface area contributed by atoms with E-state index >= 15 is 0 Å². The molecule has 0 saturated heterocycles. The van der Waals surface area contributed by atoms with Gasteiger partial charge in [0.25, 0.3) is 0 Å². The Kier molecular flexibility index (Phi) is 3.27. The maximum atomic E-state index is 10.8. The van der Waals surface area contributed by atoms with E-state index in [4.69, 9.17) is 16.7 Å². The van der Waals surface area contributed by atoms with Gasteiger partial charge in [-0.3, -0.25) is 0 Å². The molecule has 0 saturated carbocycles. The number of nitrogens with zero attached hydrogens (tertiary/aromatic N) is 1. The summed E-state index contributed by atoms with van der Waals surface area (Å²) in [5, 5.41) is 9.06. The number of aromatic carboxylic acids is 1. The van der Waals surface area contributed by atoms with E-state index in [2.05, 4.69) is 20.9 Å². The zero-order valence-corrected chi connectivity index (χ0v) is 9.13. The number of hydrogen-bond donors (Lipinski definition) is 1. The Morgan fingerprint density at radius 1 is 1.77 bits per heavy atom. The number of pyridine rings is 1. The summed E-state index contributed by atoms with van der Waals surface area (Å²) in [6.45, 7) is 1.80. The molecule has 1 aromatic rings. The second-order valence-electron chi connectivity index (χ2n) is 2.48. The minimum Gasteiger partial charge on any atom is -0.478 e. The highest BCUT2D eigenvalue weighted by molar-refractivity contribution is 9.09. The van der Waals surface area contributed by atoms with Crippen LogP contribution in [0, 0.1) is 0 Å². The molecular weight excluding hydrogens is 257 g/mol. The molecule has 1 N–H and O–H groups in total. The molecule has 0 spiro atoms. The van der Waals surface area contributed by atoms with Gasteiger partial charge in [-0.15, -0.1) is 0 Å². The quantitative estimate of drug-likeness (QED) is 0.660. The molecule has 13 heavy (non-hydrogen) atoms. The van der Waals surface area contributed by atoms with Gasteiger partial charge in [0.05, 0.1) is 5.56 Å². The molecule has 0 radical (unpaired) electrons. The Morgan fingerprint density at radius 2 is 2.38 bits per heavy atom. The Hall–Kier alpha value is -0.610. The summed E-state index contributed by atoms with van der Waals surface area (Å²) in [4.78, 5) is 14.5. The highest BCUT2D eigenvalue weighted by Crippen LogP contribution is 2.30. The largest absolute Gasteiger partial charge is 0.478 e. The number of carboxylic acids is 1. The second-order valence-corrected chi connectivity index (χ2v) is 4.22. The Labute approximate surface area is 88.9 Å². The van der Waals surface area contributed by atoms with Crippen molar-refractivity contribution in [2.75, 3.05) is 0 Å². The van der Waals surface area contributed by atoms with Gasteiger partial charge in [-0.1, -0.05) is 27.5 Å². The van der Waals surface area contributed by atoms with Crippen LogP contribution < -0.4 is 0 Å². The van der Waals surface area contributed by atoms with Gasteiger partial charge in [0, 0.05) is 16.6 Å². The SMILES string of the molecule is CC(Br)c1c(C(=O)O)ccnc1Cl. The summed E-state index contributed by atoms with van der Waals surface area (Å²) in [6.07, 6.45) is 1.38. The van der Waals surface area contributed by atoms with Crippen molar-refractivity contribution in [1.82, 2.24) is 4.98 Å². The fourth-order valence-electron chi connectivity index (χ4n) is 1.01. The molecule has 1 atom stereocenters. The molecule has 1 aromatic heterocycles. The van der Waals surface area contributed by atoms with Crippen molar-refractivity contribution in [3.8, 4) is 0 Å². The average Bonchev–Trinajstić information content (AvgIpc) is 2.02. The lowest BCUT2D eigenvalue weighted by molar-refractivity contribution is 0.0695. The summed E-state index contributed by atoms with van der Waals surface area (Å²) < 4.78 is 0. The number of rotatable bonds is 2. The van der Waals surface area contributed by atoms with E-state index in [1.54, 1.807) is 6.92 Å². The molecular formula is C8H7BrClNO2. The Balaban J connectivity index is 3.34. The molecule has 5 heteroatoms. The van der Waals surface area contributed by atoms with Gasteiger partial charge < -0.3 is 5.11 Å². The van der Waals surface area contributed by atoms with Crippen molar-refractivity contribution >= 4 is 33.5 Å². The Bertz CT molecular complexity index is 341. The van der Waals surface area contributed by atoms with E-state index in [-0.39, 0.29) is 15.5 Å². The summed E-state index contributed by atoms with van der Waals surface area (Å²) in [5.74, 6) is -0.995. The summed E-state index contributed by atoms with van der Waals surface area (Å²) >= 11 is 9.03. The smallest absolute Gasteiger partial charge is 0.336 e. The van der Waals surface area contributed by atoms with Crippen LogP contribution in [0.5, 0.6) is 0 Å². The van der Waals surface area contributed by atoms with E-state index < -0.39 is 5.97 Å². The zero-order chi connectivity index (χ0) is 10.0. The van der Waals surface area contributed by atoms with Gasteiger partial charge in [-0.05, 0) is 13.0 Å². The molecule has 0 aliphatic rings. The van der Waals surface area contributed by atoms with E-state index in [1.807, 2.05) is 0 Å². The highest BCUT2D eigenvalue weighted by atomic mass is 79.9. The van der Waals surface area contributed by atoms with Crippen molar-refractivity contribution in [2.24, 2.45) is 0 Å². The van der Waals surface area contributed by atoms with Crippen LogP contribution in [0.1, 0.15) is 27.7 Å². The maximum Gasteiger partial charge on any atom is 0.336 e. The average molecular weight is 265 g/mol. The third kappa shape index (κ3) is 2.19. The topological polar surface area (TPSA) is 50.2 Å². The van der Waals surface area contributed by atoms with Crippen LogP contribution in [0.25, 0.3) is 0 Å². The monoisotopic (exact) mass is 263 g/mol. The predicted octanol–water partition coefficient (Wildman–Crippen LogP) is 2.89. The fraction of sp³-hybridized carbons (Fsp3) is 0.250. The number of hydrogen-bond acceptors (Lipinski definition) is 2. The number of aromatic nitrogens is 1. The summed E-state index contributed by atoms with van der Waals surface area (Å²) in [5.41, 5.74) is 0.695. The zero-order valence-electron chi connectivity index (χ0n) is 6.79. The molecule has 0 aliphatic heterocycles. The van der Waals surface area contributed by atoms with Crippen molar-refractivity contribution in [2.45, 2.75) is 11.8 Å². The third-order valence-electron chi connectivity index (χ3n) is 1.57. The Morgan fingerprint density at radius 3 is 2.77 bits per heavy atom. The van der Waals surface area contributed by atoms with Crippen LogP contribution in [0.4, 0.5) is 0 Å². The van der Waals surface area contributed by atoms with Crippen LogP contribution in [-0.2, 0) is 0 Å².